The Morgan fingerprint density at radius 1 is 1.31 bits per heavy atom. The van der Waals surface area contributed by atoms with Crippen LogP contribution in [0.2, 0.25) is 5.02 Å². The number of halogens is 1. The molecule has 0 aliphatic carbocycles. The number of nitrogens with zero attached hydrogens (tertiary/aromatic N) is 1. The van der Waals surface area contributed by atoms with Gasteiger partial charge in [-0.1, -0.05) is 17.7 Å². The Balaban J connectivity index is 2.00. The van der Waals surface area contributed by atoms with Crippen molar-refractivity contribution in [2.24, 2.45) is 0 Å². The number of benzene rings is 1. The Hall–Kier alpha value is -0.730. The molecule has 0 radical (unpaired) electrons. The van der Waals surface area contributed by atoms with Crippen LogP contribution in [0.3, 0.4) is 0 Å². The van der Waals surface area contributed by atoms with E-state index in [0.29, 0.717) is 6.04 Å². The van der Waals surface area contributed by atoms with Crippen LogP contribution < -0.4 is 5.32 Å². The molecule has 1 aromatic carbocycles. The molecule has 1 N–H and O–H groups in total. The zero-order valence-corrected chi connectivity index (χ0v) is 10.7. The summed E-state index contributed by atoms with van der Waals surface area (Å²) in [6.45, 7) is 4.43. The van der Waals surface area contributed by atoms with Gasteiger partial charge in [-0.3, -0.25) is 0 Å². The Labute approximate surface area is 103 Å². The van der Waals surface area contributed by atoms with Crippen LogP contribution in [-0.2, 0) is 0 Å². The van der Waals surface area contributed by atoms with Crippen LogP contribution in [0.5, 0.6) is 0 Å². The molecule has 1 aromatic rings. The second-order valence-corrected chi connectivity index (χ2v) is 5.11. The first-order valence-corrected chi connectivity index (χ1v) is 6.24. The highest BCUT2D eigenvalue weighted by Crippen LogP contribution is 2.25. The maximum atomic E-state index is 6.17. The van der Waals surface area contributed by atoms with Crippen LogP contribution in [-0.4, -0.2) is 31.1 Å². The number of aryl methyl sites for hydroxylation is 1. The third kappa shape index (κ3) is 2.89. The molecule has 1 fully saturated rings. The van der Waals surface area contributed by atoms with E-state index in [1.54, 1.807) is 0 Å². The van der Waals surface area contributed by atoms with Gasteiger partial charge in [-0.25, -0.2) is 0 Å². The van der Waals surface area contributed by atoms with Gasteiger partial charge >= 0.3 is 0 Å². The Bertz CT molecular complexity index is 357. The number of likely N-dealkylation sites (tertiary alicyclic amines) is 1. The van der Waals surface area contributed by atoms with Gasteiger partial charge in [0.15, 0.2) is 0 Å². The quantitative estimate of drug-likeness (QED) is 0.852. The summed E-state index contributed by atoms with van der Waals surface area (Å²) >= 11 is 6.17. The van der Waals surface area contributed by atoms with Crippen molar-refractivity contribution in [1.29, 1.82) is 0 Å². The molecule has 0 bridgehead atoms. The summed E-state index contributed by atoms with van der Waals surface area (Å²) in [5.41, 5.74) is 2.33. The highest BCUT2D eigenvalue weighted by molar-refractivity contribution is 6.33. The summed E-state index contributed by atoms with van der Waals surface area (Å²) in [7, 11) is 2.18. The zero-order chi connectivity index (χ0) is 11.5. The van der Waals surface area contributed by atoms with Gasteiger partial charge in [-0.15, -0.1) is 0 Å². The van der Waals surface area contributed by atoms with E-state index in [0.717, 1.165) is 10.7 Å². The summed E-state index contributed by atoms with van der Waals surface area (Å²) in [5.74, 6) is 0. The van der Waals surface area contributed by atoms with Crippen molar-refractivity contribution in [2.75, 3.05) is 25.5 Å². The third-order valence-corrected chi connectivity index (χ3v) is 3.53. The van der Waals surface area contributed by atoms with Gasteiger partial charge < -0.3 is 10.2 Å². The van der Waals surface area contributed by atoms with E-state index in [9.17, 15) is 0 Å². The predicted octanol–water partition coefficient (Wildman–Crippen LogP) is 3.15. The van der Waals surface area contributed by atoms with Crippen molar-refractivity contribution in [3.05, 3.63) is 28.8 Å². The minimum absolute atomic E-state index is 0.565. The number of anilines is 1. The third-order valence-electron chi connectivity index (χ3n) is 3.20. The number of rotatable bonds is 2. The molecule has 3 heteroatoms. The van der Waals surface area contributed by atoms with E-state index < -0.39 is 0 Å². The fourth-order valence-electron chi connectivity index (χ4n) is 2.12. The van der Waals surface area contributed by atoms with Gasteiger partial charge in [0.25, 0.3) is 0 Å². The van der Waals surface area contributed by atoms with Crippen LogP contribution >= 0.6 is 11.6 Å². The summed E-state index contributed by atoms with van der Waals surface area (Å²) < 4.78 is 0. The van der Waals surface area contributed by atoms with Crippen LogP contribution in [0, 0.1) is 6.92 Å². The highest BCUT2D eigenvalue weighted by atomic mass is 35.5. The first kappa shape index (κ1) is 11.7. The van der Waals surface area contributed by atoms with Gasteiger partial charge in [0.1, 0.15) is 0 Å². The van der Waals surface area contributed by atoms with Crippen molar-refractivity contribution in [1.82, 2.24) is 4.90 Å². The monoisotopic (exact) mass is 238 g/mol. The maximum Gasteiger partial charge on any atom is 0.0637 e. The van der Waals surface area contributed by atoms with Crippen LogP contribution in [0.25, 0.3) is 0 Å². The summed E-state index contributed by atoms with van der Waals surface area (Å²) in [6.07, 6.45) is 2.39. The summed E-state index contributed by atoms with van der Waals surface area (Å²) in [5, 5.41) is 4.38. The van der Waals surface area contributed by atoms with E-state index in [4.69, 9.17) is 11.6 Å². The summed E-state index contributed by atoms with van der Waals surface area (Å²) in [6, 6.07) is 6.70. The molecule has 1 heterocycles. The molecule has 1 aliphatic rings. The molecule has 0 spiro atoms. The normalized spacial score (nSPS) is 18.7. The van der Waals surface area contributed by atoms with Crippen molar-refractivity contribution >= 4 is 17.3 Å². The van der Waals surface area contributed by atoms with E-state index in [2.05, 4.69) is 30.3 Å². The predicted molar refractivity (Wildman–Crippen MR) is 70.3 cm³/mol. The number of hydrogen-bond donors (Lipinski definition) is 1. The van der Waals surface area contributed by atoms with Crippen LogP contribution in [0.15, 0.2) is 18.2 Å². The fourth-order valence-corrected chi connectivity index (χ4v) is 2.29. The zero-order valence-electron chi connectivity index (χ0n) is 9.96. The highest BCUT2D eigenvalue weighted by Gasteiger charge is 2.16. The first-order valence-electron chi connectivity index (χ1n) is 5.86. The molecule has 2 nitrogen and oxygen atoms in total. The standard InChI is InChI=1S/C13H19ClN2/c1-10-3-4-12(14)13(9-10)15-11-5-7-16(2)8-6-11/h3-4,9,11,15H,5-8H2,1-2H3. The van der Waals surface area contributed by atoms with Crippen molar-refractivity contribution in [3.63, 3.8) is 0 Å². The molecular weight excluding hydrogens is 220 g/mol. The van der Waals surface area contributed by atoms with Crippen molar-refractivity contribution < 1.29 is 0 Å². The van der Waals surface area contributed by atoms with E-state index in [-0.39, 0.29) is 0 Å². The number of nitrogens with one attached hydrogen (secondary N) is 1. The molecule has 88 valence electrons. The largest absolute Gasteiger partial charge is 0.381 e. The number of piperidine rings is 1. The molecule has 0 saturated carbocycles. The average Bonchev–Trinajstić information content (AvgIpc) is 2.27. The second kappa shape index (κ2) is 5.07. The molecular formula is C13H19ClN2. The van der Waals surface area contributed by atoms with Gasteiger partial charge in [-0.05, 0) is 57.6 Å². The van der Waals surface area contributed by atoms with E-state index >= 15 is 0 Å². The molecule has 1 saturated heterocycles. The molecule has 0 aromatic heterocycles. The SMILES string of the molecule is Cc1ccc(Cl)c(NC2CCN(C)CC2)c1. The Morgan fingerprint density at radius 3 is 2.69 bits per heavy atom. The van der Waals surface area contributed by atoms with Crippen molar-refractivity contribution in [3.8, 4) is 0 Å². The van der Waals surface area contributed by atoms with Gasteiger partial charge in [0.05, 0.1) is 10.7 Å². The minimum Gasteiger partial charge on any atom is -0.381 e. The Morgan fingerprint density at radius 2 is 2.00 bits per heavy atom. The van der Waals surface area contributed by atoms with Crippen LogP contribution in [0.4, 0.5) is 5.69 Å². The molecule has 16 heavy (non-hydrogen) atoms. The molecule has 1 aliphatic heterocycles. The lowest BCUT2D eigenvalue weighted by atomic mass is 10.0. The lowest BCUT2D eigenvalue weighted by Crippen LogP contribution is -2.36. The van der Waals surface area contributed by atoms with Crippen LogP contribution in [0.1, 0.15) is 18.4 Å². The van der Waals surface area contributed by atoms with Crippen molar-refractivity contribution in [2.45, 2.75) is 25.8 Å². The fraction of sp³-hybridized carbons (Fsp3) is 0.538. The van der Waals surface area contributed by atoms with Gasteiger partial charge in [0, 0.05) is 6.04 Å². The topological polar surface area (TPSA) is 15.3 Å². The summed E-state index contributed by atoms with van der Waals surface area (Å²) in [4.78, 5) is 2.37. The molecule has 0 atom stereocenters. The lowest BCUT2D eigenvalue weighted by Gasteiger charge is -2.30. The smallest absolute Gasteiger partial charge is 0.0637 e. The molecule has 0 unspecified atom stereocenters. The minimum atomic E-state index is 0.565. The first-order chi connectivity index (χ1) is 7.65. The van der Waals surface area contributed by atoms with E-state index in [1.807, 2.05) is 12.1 Å². The number of hydrogen-bond acceptors (Lipinski definition) is 2. The Kier molecular flexibility index (Phi) is 3.72. The molecule has 2 rings (SSSR count). The van der Waals surface area contributed by atoms with Gasteiger partial charge in [-0.2, -0.15) is 0 Å². The lowest BCUT2D eigenvalue weighted by molar-refractivity contribution is 0.264. The molecule has 0 amide bonds. The van der Waals surface area contributed by atoms with E-state index in [1.165, 1.54) is 31.5 Å². The average molecular weight is 239 g/mol. The second-order valence-electron chi connectivity index (χ2n) is 4.71. The maximum absolute atomic E-state index is 6.17. The van der Waals surface area contributed by atoms with Gasteiger partial charge in [0.2, 0.25) is 0 Å².